The maximum atomic E-state index is 2.50. The van der Waals surface area contributed by atoms with Gasteiger partial charge in [0.05, 0.1) is 0 Å². The van der Waals surface area contributed by atoms with E-state index in [4.69, 9.17) is 0 Å². The summed E-state index contributed by atoms with van der Waals surface area (Å²) in [7, 11) is 0. The van der Waals surface area contributed by atoms with Gasteiger partial charge in [-0.3, -0.25) is 0 Å². The van der Waals surface area contributed by atoms with Crippen LogP contribution >= 0.6 is 0 Å². The van der Waals surface area contributed by atoms with Gasteiger partial charge in [0, 0.05) is 0 Å². The van der Waals surface area contributed by atoms with Gasteiger partial charge in [-0.25, -0.2) is 0 Å². The standard InChI is InChI=1S/C15H30/c1-6-15(5,12(2)3)11-14-10-8-7-9-13(14)4/h12-14H,6-11H2,1-5H3. The maximum absolute atomic E-state index is 2.50. The Kier molecular flexibility index (Phi) is 4.67. The third-order valence-corrected chi connectivity index (χ3v) is 5.22. The summed E-state index contributed by atoms with van der Waals surface area (Å²) < 4.78 is 0. The minimum Gasteiger partial charge on any atom is -0.0649 e. The van der Waals surface area contributed by atoms with E-state index in [0.717, 1.165) is 17.8 Å². The van der Waals surface area contributed by atoms with Crippen molar-refractivity contribution >= 4 is 0 Å². The molecule has 0 bridgehead atoms. The molecule has 90 valence electrons. The van der Waals surface area contributed by atoms with E-state index in [-0.39, 0.29) is 0 Å². The van der Waals surface area contributed by atoms with E-state index in [1.807, 2.05) is 0 Å². The highest BCUT2D eigenvalue weighted by atomic mass is 14.4. The van der Waals surface area contributed by atoms with E-state index in [1.165, 1.54) is 38.5 Å². The Morgan fingerprint density at radius 2 is 1.80 bits per heavy atom. The smallest absolute Gasteiger partial charge is 0.0303 e. The molecule has 0 heterocycles. The third-order valence-electron chi connectivity index (χ3n) is 5.22. The van der Waals surface area contributed by atoms with Gasteiger partial charge in [-0.2, -0.15) is 0 Å². The zero-order chi connectivity index (χ0) is 11.5. The molecule has 0 aromatic rings. The van der Waals surface area contributed by atoms with Crippen LogP contribution in [0.2, 0.25) is 0 Å². The molecule has 1 fully saturated rings. The van der Waals surface area contributed by atoms with Crippen molar-refractivity contribution in [3.05, 3.63) is 0 Å². The van der Waals surface area contributed by atoms with Crippen molar-refractivity contribution in [3.63, 3.8) is 0 Å². The zero-order valence-corrected chi connectivity index (χ0v) is 11.5. The molecule has 1 saturated carbocycles. The minimum atomic E-state index is 0.580. The van der Waals surface area contributed by atoms with Crippen LogP contribution in [0.3, 0.4) is 0 Å². The molecule has 0 N–H and O–H groups in total. The molecule has 0 nitrogen and oxygen atoms in total. The Hall–Kier alpha value is 0. The number of hydrogen-bond donors (Lipinski definition) is 0. The number of rotatable bonds is 4. The third kappa shape index (κ3) is 3.23. The fourth-order valence-electron chi connectivity index (χ4n) is 3.08. The van der Waals surface area contributed by atoms with Crippen molar-refractivity contribution in [1.29, 1.82) is 0 Å². The molecular weight excluding hydrogens is 180 g/mol. The predicted octanol–water partition coefficient (Wildman–Crippen LogP) is 5.28. The Bertz CT molecular complexity index is 182. The van der Waals surface area contributed by atoms with Gasteiger partial charge >= 0.3 is 0 Å². The second-order valence-corrected chi connectivity index (χ2v) is 6.39. The lowest BCUT2D eigenvalue weighted by Crippen LogP contribution is -2.29. The van der Waals surface area contributed by atoms with E-state index >= 15 is 0 Å². The van der Waals surface area contributed by atoms with Crippen molar-refractivity contribution in [2.75, 3.05) is 0 Å². The molecule has 0 spiro atoms. The summed E-state index contributed by atoms with van der Waals surface area (Å²) in [6, 6.07) is 0. The fourth-order valence-corrected chi connectivity index (χ4v) is 3.08. The quantitative estimate of drug-likeness (QED) is 0.592. The van der Waals surface area contributed by atoms with Gasteiger partial charge in [-0.05, 0) is 29.6 Å². The van der Waals surface area contributed by atoms with Crippen LogP contribution in [-0.4, -0.2) is 0 Å². The van der Waals surface area contributed by atoms with Crippen molar-refractivity contribution < 1.29 is 0 Å². The number of hydrogen-bond acceptors (Lipinski definition) is 0. The largest absolute Gasteiger partial charge is 0.0649 e. The topological polar surface area (TPSA) is 0 Å². The lowest BCUT2D eigenvalue weighted by atomic mass is 9.66. The van der Waals surface area contributed by atoms with Crippen LogP contribution in [0.15, 0.2) is 0 Å². The molecule has 0 aliphatic heterocycles. The van der Waals surface area contributed by atoms with Crippen molar-refractivity contribution in [3.8, 4) is 0 Å². The molecule has 0 amide bonds. The van der Waals surface area contributed by atoms with E-state index < -0.39 is 0 Å². The van der Waals surface area contributed by atoms with Crippen molar-refractivity contribution in [1.82, 2.24) is 0 Å². The van der Waals surface area contributed by atoms with Crippen LogP contribution in [0, 0.1) is 23.2 Å². The highest BCUT2D eigenvalue weighted by Crippen LogP contribution is 2.43. The zero-order valence-electron chi connectivity index (χ0n) is 11.5. The molecule has 0 radical (unpaired) electrons. The van der Waals surface area contributed by atoms with Gasteiger partial charge in [0.25, 0.3) is 0 Å². The first-order valence-electron chi connectivity index (χ1n) is 6.99. The summed E-state index contributed by atoms with van der Waals surface area (Å²) in [5.41, 5.74) is 0.580. The average molecular weight is 210 g/mol. The molecular formula is C15H30. The fraction of sp³-hybridized carbons (Fsp3) is 1.00. The Labute approximate surface area is 96.8 Å². The molecule has 0 heteroatoms. The summed E-state index contributed by atoms with van der Waals surface area (Å²) in [4.78, 5) is 0. The normalized spacial score (nSPS) is 31.6. The lowest BCUT2D eigenvalue weighted by Gasteiger charge is -2.40. The van der Waals surface area contributed by atoms with Crippen molar-refractivity contribution in [2.24, 2.45) is 23.2 Å². The molecule has 0 saturated heterocycles. The van der Waals surface area contributed by atoms with Gasteiger partial charge in [-0.15, -0.1) is 0 Å². The molecule has 15 heavy (non-hydrogen) atoms. The summed E-state index contributed by atoms with van der Waals surface area (Å²) in [6.45, 7) is 12.1. The van der Waals surface area contributed by atoms with Crippen LogP contribution in [0.5, 0.6) is 0 Å². The monoisotopic (exact) mass is 210 g/mol. The van der Waals surface area contributed by atoms with E-state index in [2.05, 4.69) is 34.6 Å². The average Bonchev–Trinajstić information content (AvgIpc) is 2.21. The molecule has 3 atom stereocenters. The van der Waals surface area contributed by atoms with Crippen LogP contribution < -0.4 is 0 Å². The summed E-state index contributed by atoms with van der Waals surface area (Å²) in [6.07, 6.45) is 8.72. The van der Waals surface area contributed by atoms with E-state index in [0.29, 0.717) is 5.41 Å². The summed E-state index contributed by atoms with van der Waals surface area (Å²) in [5, 5.41) is 0. The highest BCUT2D eigenvalue weighted by Gasteiger charge is 2.32. The van der Waals surface area contributed by atoms with Crippen molar-refractivity contribution in [2.45, 2.75) is 73.1 Å². The van der Waals surface area contributed by atoms with Gasteiger partial charge in [0.1, 0.15) is 0 Å². The first-order chi connectivity index (χ1) is 6.99. The van der Waals surface area contributed by atoms with Crippen LogP contribution in [-0.2, 0) is 0 Å². The molecule has 0 aromatic carbocycles. The molecule has 0 aromatic heterocycles. The minimum absolute atomic E-state index is 0.580. The first-order valence-corrected chi connectivity index (χ1v) is 6.99. The molecule has 3 unspecified atom stereocenters. The lowest BCUT2D eigenvalue weighted by molar-refractivity contribution is 0.109. The van der Waals surface area contributed by atoms with Crippen LogP contribution in [0.25, 0.3) is 0 Å². The van der Waals surface area contributed by atoms with E-state index in [1.54, 1.807) is 0 Å². The molecule has 1 rings (SSSR count). The molecule has 1 aliphatic rings. The Balaban J connectivity index is 2.57. The first kappa shape index (κ1) is 13.1. The van der Waals surface area contributed by atoms with Crippen LogP contribution in [0.1, 0.15) is 73.1 Å². The Morgan fingerprint density at radius 3 is 2.27 bits per heavy atom. The second kappa shape index (κ2) is 5.37. The summed E-state index contributed by atoms with van der Waals surface area (Å²) >= 11 is 0. The van der Waals surface area contributed by atoms with E-state index in [9.17, 15) is 0 Å². The summed E-state index contributed by atoms with van der Waals surface area (Å²) in [5.74, 6) is 2.81. The van der Waals surface area contributed by atoms with Gasteiger partial charge in [0.15, 0.2) is 0 Å². The maximum Gasteiger partial charge on any atom is -0.0303 e. The van der Waals surface area contributed by atoms with Gasteiger partial charge < -0.3 is 0 Å². The van der Waals surface area contributed by atoms with Crippen LogP contribution in [0.4, 0.5) is 0 Å². The molecule has 1 aliphatic carbocycles. The Morgan fingerprint density at radius 1 is 1.20 bits per heavy atom. The highest BCUT2D eigenvalue weighted by molar-refractivity contribution is 4.83. The SMILES string of the molecule is CCC(C)(CC1CCCCC1C)C(C)C. The van der Waals surface area contributed by atoms with Gasteiger partial charge in [-0.1, -0.05) is 66.7 Å². The second-order valence-electron chi connectivity index (χ2n) is 6.39. The van der Waals surface area contributed by atoms with Gasteiger partial charge in [0.2, 0.25) is 0 Å². The predicted molar refractivity (Wildman–Crippen MR) is 69.0 cm³/mol.